The van der Waals surface area contributed by atoms with Gasteiger partial charge in [-0.3, -0.25) is 9.69 Å². The number of benzene rings is 2. The van der Waals surface area contributed by atoms with Crippen molar-refractivity contribution in [1.29, 1.82) is 0 Å². The molecule has 2 aliphatic rings. The molecule has 0 aliphatic carbocycles. The summed E-state index contributed by atoms with van der Waals surface area (Å²) in [6.45, 7) is 13.9. The predicted molar refractivity (Wildman–Crippen MR) is 147 cm³/mol. The molecule has 0 spiro atoms. The minimum Gasteiger partial charge on any atom is -0.442 e. The molecule has 1 fully saturated rings. The second kappa shape index (κ2) is 10.7. The number of nitrogens with zero attached hydrogens (tertiary/aromatic N) is 2. The lowest BCUT2D eigenvalue weighted by Gasteiger charge is -2.36. The van der Waals surface area contributed by atoms with E-state index in [0.717, 1.165) is 34.5 Å². The van der Waals surface area contributed by atoms with Crippen LogP contribution >= 0.6 is 0 Å². The first-order valence-electron chi connectivity index (χ1n) is 12.7. The molecule has 2 amide bonds. The molecule has 2 aliphatic heterocycles. The summed E-state index contributed by atoms with van der Waals surface area (Å²) >= 11 is 0. The Bertz CT molecular complexity index is 1160. The molecular formula is C28H37N3O5Si. The lowest BCUT2D eigenvalue weighted by molar-refractivity contribution is -0.119. The van der Waals surface area contributed by atoms with Gasteiger partial charge in [-0.15, -0.1) is 0 Å². The van der Waals surface area contributed by atoms with E-state index < -0.39 is 14.4 Å². The molecule has 2 atom stereocenters. The fraction of sp³-hybridized carbons (Fsp3) is 0.464. The van der Waals surface area contributed by atoms with Crippen LogP contribution in [0.15, 0.2) is 53.7 Å². The number of anilines is 1. The molecule has 0 bridgehead atoms. The Morgan fingerprint density at radius 1 is 1.05 bits per heavy atom. The molecule has 1 N–H and O–H groups in total. The van der Waals surface area contributed by atoms with Gasteiger partial charge in [0.1, 0.15) is 6.10 Å². The van der Waals surface area contributed by atoms with E-state index in [1.54, 1.807) is 4.90 Å². The number of hydrogen-bond acceptors (Lipinski definition) is 6. The minimum absolute atomic E-state index is 0.0496. The first-order valence-corrected chi connectivity index (χ1v) is 15.6. The van der Waals surface area contributed by atoms with Gasteiger partial charge in [-0.25, -0.2) is 4.79 Å². The quantitative estimate of drug-likeness (QED) is 0.473. The zero-order valence-corrected chi connectivity index (χ0v) is 23.5. The van der Waals surface area contributed by atoms with Crippen LogP contribution < -0.4 is 10.2 Å². The molecular weight excluding hydrogens is 486 g/mol. The number of ether oxygens (including phenoxy) is 1. The Morgan fingerprint density at radius 2 is 1.65 bits per heavy atom. The van der Waals surface area contributed by atoms with E-state index in [2.05, 4.69) is 68.6 Å². The highest BCUT2D eigenvalue weighted by Crippen LogP contribution is 2.37. The van der Waals surface area contributed by atoms with Crippen LogP contribution in [0.2, 0.25) is 18.1 Å². The Labute approximate surface area is 220 Å². The van der Waals surface area contributed by atoms with E-state index in [1.807, 2.05) is 24.3 Å². The average molecular weight is 524 g/mol. The molecule has 0 saturated carbocycles. The fourth-order valence-corrected chi connectivity index (χ4v) is 5.03. The molecule has 0 radical (unpaired) electrons. The molecule has 0 aromatic heterocycles. The van der Waals surface area contributed by atoms with E-state index in [1.165, 1.54) is 6.92 Å². The zero-order valence-electron chi connectivity index (χ0n) is 22.5. The number of cyclic esters (lactones) is 1. The van der Waals surface area contributed by atoms with Crippen LogP contribution in [0.4, 0.5) is 10.5 Å². The Hall–Kier alpha value is -3.17. The number of carbonyl (C=O) groups excluding carboxylic acids is 2. The largest absolute Gasteiger partial charge is 0.442 e. The monoisotopic (exact) mass is 523 g/mol. The van der Waals surface area contributed by atoms with Crippen molar-refractivity contribution < 1.29 is 23.6 Å². The molecule has 8 nitrogen and oxygen atoms in total. The van der Waals surface area contributed by atoms with E-state index in [-0.39, 0.29) is 23.2 Å². The van der Waals surface area contributed by atoms with Crippen molar-refractivity contribution in [2.24, 2.45) is 5.16 Å². The highest BCUT2D eigenvalue weighted by atomic mass is 28.4. The van der Waals surface area contributed by atoms with Crippen molar-refractivity contribution in [1.82, 2.24) is 5.32 Å². The predicted octanol–water partition coefficient (Wildman–Crippen LogP) is 5.33. The van der Waals surface area contributed by atoms with Crippen LogP contribution in [0.3, 0.4) is 0 Å². The third kappa shape index (κ3) is 6.40. The van der Waals surface area contributed by atoms with Gasteiger partial charge in [0.05, 0.1) is 25.4 Å². The van der Waals surface area contributed by atoms with E-state index >= 15 is 0 Å². The first-order chi connectivity index (χ1) is 17.4. The molecule has 2 heterocycles. The average Bonchev–Trinajstić information content (AvgIpc) is 3.48. The van der Waals surface area contributed by atoms with Crippen LogP contribution in [0.25, 0.3) is 11.1 Å². The molecule has 198 valence electrons. The van der Waals surface area contributed by atoms with Gasteiger partial charge in [0.25, 0.3) is 0 Å². The van der Waals surface area contributed by atoms with Crippen molar-refractivity contribution >= 4 is 31.7 Å². The van der Waals surface area contributed by atoms with Crippen LogP contribution in [0.5, 0.6) is 0 Å². The minimum atomic E-state index is -1.82. The second-order valence-corrected chi connectivity index (χ2v) is 16.0. The number of hydrogen-bond donors (Lipinski definition) is 1. The van der Waals surface area contributed by atoms with E-state index in [9.17, 15) is 9.59 Å². The molecule has 2 aromatic rings. The number of carbonyl (C=O) groups is 2. The van der Waals surface area contributed by atoms with Crippen molar-refractivity contribution in [2.75, 3.05) is 24.6 Å². The van der Waals surface area contributed by atoms with Crippen LogP contribution in [-0.4, -0.2) is 57.9 Å². The van der Waals surface area contributed by atoms with Crippen molar-refractivity contribution in [3.63, 3.8) is 0 Å². The summed E-state index contributed by atoms with van der Waals surface area (Å²) in [5, 5.41) is 7.18. The summed E-state index contributed by atoms with van der Waals surface area (Å²) in [5.74, 6) is -0.145. The SMILES string of the molecule is CC(=O)NC[C@H]1CN(c2ccc(-c3ccc(C4=NO[C@H](CO[Si](C)(C)C(C)(C)C)C4)cc3)cc2)C(=O)O1. The zero-order chi connectivity index (χ0) is 26.8. The van der Waals surface area contributed by atoms with Crippen LogP contribution in [-0.2, 0) is 18.8 Å². The topological polar surface area (TPSA) is 89.5 Å². The highest BCUT2D eigenvalue weighted by molar-refractivity contribution is 6.74. The Balaban J connectivity index is 1.33. The van der Waals surface area contributed by atoms with E-state index in [0.29, 0.717) is 19.7 Å². The number of nitrogens with one attached hydrogen (secondary N) is 1. The van der Waals surface area contributed by atoms with Crippen molar-refractivity contribution in [2.45, 2.75) is 64.5 Å². The number of amides is 2. The molecule has 37 heavy (non-hydrogen) atoms. The second-order valence-electron chi connectivity index (χ2n) is 11.2. The maximum atomic E-state index is 12.3. The maximum Gasteiger partial charge on any atom is 0.414 e. The van der Waals surface area contributed by atoms with Gasteiger partial charge in [0.15, 0.2) is 14.4 Å². The van der Waals surface area contributed by atoms with Gasteiger partial charge in [-0.1, -0.05) is 62.3 Å². The van der Waals surface area contributed by atoms with Crippen LogP contribution in [0, 0.1) is 0 Å². The Morgan fingerprint density at radius 3 is 2.24 bits per heavy atom. The van der Waals surface area contributed by atoms with Crippen LogP contribution in [0.1, 0.15) is 39.7 Å². The van der Waals surface area contributed by atoms with Gasteiger partial charge >= 0.3 is 6.09 Å². The standard InChI is InChI=1S/C28H37N3O5Si/c1-19(32)29-16-25-17-31(27(33)35-25)23-13-11-21(12-14-23)20-7-9-22(10-8-20)26-15-24(36-30-26)18-34-37(5,6)28(2,3)4/h7-14,24-25H,15-18H2,1-6H3,(H,29,32)/t24-,25-/m0/s1. The lowest BCUT2D eigenvalue weighted by atomic mass is 10.00. The first kappa shape index (κ1) is 26.9. The molecule has 4 rings (SSSR count). The number of rotatable bonds is 8. The summed E-state index contributed by atoms with van der Waals surface area (Å²) in [6.07, 6.45) is -0.0758. The van der Waals surface area contributed by atoms with Gasteiger partial charge in [0, 0.05) is 19.0 Å². The Kier molecular flexibility index (Phi) is 7.75. The normalized spacial score (nSPS) is 19.9. The third-order valence-electron chi connectivity index (χ3n) is 7.35. The van der Waals surface area contributed by atoms with Gasteiger partial charge in [-0.2, -0.15) is 0 Å². The third-order valence-corrected chi connectivity index (χ3v) is 11.9. The van der Waals surface area contributed by atoms with Gasteiger partial charge in [0.2, 0.25) is 5.91 Å². The summed E-state index contributed by atoms with van der Waals surface area (Å²) in [6, 6.07) is 16.1. The molecule has 0 unspecified atom stereocenters. The van der Waals surface area contributed by atoms with E-state index in [4.69, 9.17) is 14.0 Å². The summed E-state index contributed by atoms with van der Waals surface area (Å²) in [5.41, 5.74) is 4.86. The van der Waals surface area contributed by atoms with Crippen molar-refractivity contribution in [3.8, 4) is 11.1 Å². The molecule has 2 aromatic carbocycles. The smallest absolute Gasteiger partial charge is 0.414 e. The lowest BCUT2D eigenvalue weighted by Crippen LogP contribution is -2.42. The van der Waals surface area contributed by atoms with Gasteiger partial charge < -0.3 is 19.3 Å². The van der Waals surface area contributed by atoms with Crippen molar-refractivity contribution in [3.05, 3.63) is 54.1 Å². The summed E-state index contributed by atoms with van der Waals surface area (Å²) in [7, 11) is -1.82. The maximum absolute atomic E-state index is 12.3. The van der Waals surface area contributed by atoms with Gasteiger partial charge in [-0.05, 0) is 47.0 Å². The highest BCUT2D eigenvalue weighted by Gasteiger charge is 2.38. The fourth-order valence-electron chi connectivity index (χ4n) is 3.99. The summed E-state index contributed by atoms with van der Waals surface area (Å²) in [4.78, 5) is 30.6. The molecule has 1 saturated heterocycles. The molecule has 9 heteroatoms. The summed E-state index contributed by atoms with van der Waals surface area (Å²) < 4.78 is 11.7. The number of oxime groups is 1.